The van der Waals surface area contributed by atoms with Gasteiger partial charge in [0, 0.05) is 11.1 Å². The molecule has 21 heavy (non-hydrogen) atoms. The van der Waals surface area contributed by atoms with E-state index < -0.39 is 17.6 Å². The summed E-state index contributed by atoms with van der Waals surface area (Å²) in [5.41, 5.74) is 0.693. The van der Waals surface area contributed by atoms with Crippen LogP contribution < -0.4 is 5.32 Å². The average Bonchev–Trinajstić information content (AvgIpc) is 2.89. The van der Waals surface area contributed by atoms with Crippen molar-refractivity contribution in [3.05, 3.63) is 45.9 Å². The van der Waals surface area contributed by atoms with E-state index in [1.54, 1.807) is 0 Å². The minimum atomic E-state index is -4.47. The number of carbonyl (C=O) groups excluding carboxylic acids is 1. The topological polar surface area (TPSA) is 54.9 Å². The number of alkyl halides is 3. The van der Waals surface area contributed by atoms with Crippen LogP contribution in [0.4, 0.5) is 18.3 Å². The molecule has 0 spiro atoms. The molecule has 0 saturated heterocycles. The van der Waals surface area contributed by atoms with Gasteiger partial charge in [0.1, 0.15) is 5.51 Å². The third-order valence-corrected chi connectivity index (χ3v) is 3.28. The summed E-state index contributed by atoms with van der Waals surface area (Å²) < 4.78 is 37.8. The Morgan fingerprint density at radius 1 is 1.38 bits per heavy atom. The van der Waals surface area contributed by atoms with Gasteiger partial charge in [-0.05, 0) is 29.8 Å². The molecule has 0 radical (unpaired) electrons. The number of amides is 1. The number of halogens is 4. The fourth-order valence-corrected chi connectivity index (χ4v) is 2.02. The van der Waals surface area contributed by atoms with Crippen LogP contribution in [0.3, 0.4) is 0 Å². The van der Waals surface area contributed by atoms with Gasteiger partial charge in [0.05, 0.1) is 5.56 Å². The number of benzene rings is 1. The Bertz CT molecular complexity index is 671. The van der Waals surface area contributed by atoms with E-state index in [9.17, 15) is 18.0 Å². The molecular weight excluding hydrogens is 327 g/mol. The number of nitrogens with zero attached hydrogens (tertiary/aromatic N) is 2. The summed E-state index contributed by atoms with van der Waals surface area (Å²) in [5, 5.41) is 9.95. The second-order valence-corrected chi connectivity index (χ2v) is 5.04. The smallest absolute Gasteiger partial charge is 0.297 e. The number of carbonyl (C=O) groups is 1. The summed E-state index contributed by atoms with van der Waals surface area (Å²) in [5.74, 6) is -0.541. The minimum absolute atomic E-state index is 0.0962. The molecule has 2 aromatic rings. The number of hydrogen-bond acceptors (Lipinski definition) is 4. The van der Waals surface area contributed by atoms with E-state index in [1.165, 1.54) is 11.6 Å². The van der Waals surface area contributed by atoms with Gasteiger partial charge in [0.15, 0.2) is 0 Å². The highest BCUT2D eigenvalue weighted by Gasteiger charge is 2.30. The van der Waals surface area contributed by atoms with Crippen LogP contribution in [0.25, 0.3) is 6.08 Å². The molecule has 0 saturated carbocycles. The van der Waals surface area contributed by atoms with Crippen molar-refractivity contribution in [3.8, 4) is 0 Å². The van der Waals surface area contributed by atoms with Crippen LogP contribution in [0.15, 0.2) is 29.8 Å². The largest absolute Gasteiger partial charge is 0.416 e. The van der Waals surface area contributed by atoms with Crippen molar-refractivity contribution in [1.29, 1.82) is 0 Å². The van der Waals surface area contributed by atoms with Crippen molar-refractivity contribution in [3.63, 3.8) is 0 Å². The maximum Gasteiger partial charge on any atom is 0.416 e. The third-order valence-electron chi connectivity index (χ3n) is 2.33. The van der Waals surface area contributed by atoms with E-state index in [4.69, 9.17) is 11.6 Å². The summed E-state index contributed by atoms with van der Waals surface area (Å²) in [4.78, 5) is 11.6. The van der Waals surface area contributed by atoms with Crippen molar-refractivity contribution in [2.45, 2.75) is 6.18 Å². The zero-order chi connectivity index (χ0) is 15.5. The van der Waals surface area contributed by atoms with Crippen LogP contribution in [0, 0.1) is 0 Å². The molecule has 0 aliphatic rings. The average molecular weight is 334 g/mol. The zero-order valence-electron chi connectivity index (χ0n) is 10.2. The van der Waals surface area contributed by atoms with Gasteiger partial charge >= 0.3 is 6.18 Å². The SMILES string of the molecule is O=C(/C=C\c1cc(C(F)(F)F)ccc1Cl)Nc1nncs1. The fourth-order valence-electron chi connectivity index (χ4n) is 1.39. The molecule has 9 heteroatoms. The molecule has 0 unspecified atom stereocenters. The van der Waals surface area contributed by atoms with Gasteiger partial charge in [-0.1, -0.05) is 22.9 Å². The summed E-state index contributed by atoms with van der Waals surface area (Å²) in [7, 11) is 0. The number of aromatic nitrogens is 2. The number of nitrogens with one attached hydrogen (secondary N) is 1. The Balaban J connectivity index is 2.15. The first-order valence-electron chi connectivity index (χ1n) is 5.48. The number of rotatable bonds is 3. The lowest BCUT2D eigenvalue weighted by Crippen LogP contribution is -2.07. The van der Waals surface area contributed by atoms with Crippen LogP contribution in [0.1, 0.15) is 11.1 Å². The Morgan fingerprint density at radius 2 is 2.14 bits per heavy atom. The summed E-state index contributed by atoms with van der Waals surface area (Å²) in [6.07, 6.45) is -2.20. The van der Waals surface area contributed by atoms with Gasteiger partial charge in [-0.15, -0.1) is 10.2 Å². The van der Waals surface area contributed by atoms with Crippen molar-refractivity contribution in [1.82, 2.24) is 10.2 Å². The van der Waals surface area contributed by atoms with E-state index in [-0.39, 0.29) is 10.6 Å². The molecule has 1 N–H and O–H groups in total. The van der Waals surface area contributed by atoms with Gasteiger partial charge in [0.25, 0.3) is 0 Å². The third kappa shape index (κ3) is 4.27. The van der Waals surface area contributed by atoms with Crippen molar-refractivity contribution >= 4 is 40.1 Å². The quantitative estimate of drug-likeness (QED) is 0.868. The second-order valence-electron chi connectivity index (χ2n) is 3.80. The molecule has 1 amide bonds. The Labute approximate surface area is 126 Å². The monoisotopic (exact) mass is 333 g/mol. The van der Waals surface area contributed by atoms with E-state index in [0.29, 0.717) is 5.13 Å². The van der Waals surface area contributed by atoms with Crippen LogP contribution in [-0.2, 0) is 11.0 Å². The first-order valence-corrected chi connectivity index (χ1v) is 6.74. The molecule has 1 aromatic carbocycles. The Morgan fingerprint density at radius 3 is 2.76 bits per heavy atom. The maximum absolute atomic E-state index is 12.6. The maximum atomic E-state index is 12.6. The minimum Gasteiger partial charge on any atom is -0.297 e. The first-order chi connectivity index (χ1) is 9.86. The highest BCUT2D eigenvalue weighted by atomic mass is 35.5. The molecule has 1 aromatic heterocycles. The van der Waals surface area contributed by atoms with Crippen LogP contribution in [0.2, 0.25) is 5.02 Å². The van der Waals surface area contributed by atoms with E-state index in [0.717, 1.165) is 35.6 Å². The predicted octanol–water partition coefficient (Wildman–Crippen LogP) is 3.86. The van der Waals surface area contributed by atoms with Crippen molar-refractivity contribution < 1.29 is 18.0 Å². The number of anilines is 1. The predicted molar refractivity (Wildman–Crippen MR) is 74.0 cm³/mol. The molecule has 110 valence electrons. The highest BCUT2D eigenvalue weighted by molar-refractivity contribution is 7.13. The molecule has 0 aliphatic carbocycles. The molecule has 0 aliphatic heterocycles. The van der Waals surface area contributed by atoms with Crippen molar-refractivity contribution in [2.24, 2.45) is 0 Å². The van der Waals surface area contributed by atoms with Crippen LogP contribution in [-0.4, -0.2) is 16.1 Å². The lowest BCUT2D eigenvalue weighted by molar-refractivity contribution is -0.137. The normalized spacial score (nSPS) is 11.8. The summed E-state index contributed by atoms with van der Waals surface area (Å²) in [6.45, 7) is 0. The Kier molecular flexibility index (Phi) is 4.59. The van der Waals surface area contributed by atoms with Crippen LogP contribution >= 0.6 is 22.9 Å². The van der Waals surface area contributed by atoms with Crippen molar-refractivity contribution in [2.75, 3.05) is 5.32 Å². The van der Waals surface area contributed by atoms with Gasteiger partial charge in [-0.25, -0.2) is 0 Å². The lowest BCUT2D eigenvalue weighted by atomic mass is 10.1. The second kappa shape index (κ2) is 6.23. The molecule has 2 rings (SSSR count). The lowest BCUT2D eigenvalue weighted by Gasteiger charge is -2.08. The van der Waals surface area contributed by atoms with Gasteiger partial charge in [0.2, 0.25) is 11.0 Å². The van der Waals surface area contributed by atoms with Gasteiger partial charge in [-0.2, -0.15) is 13.2 Å². The molecule has 0 atom stereocenters. The highest BCUT2D eigenvalue weighted by Crippen LogP contribution is 2.32. The summed E-state index contributed by atoms with van der Waals surface area (Å²) >= 11 is 6.92. The first kappa shape index (κ1) is 15.5. The van der Waals surface area contributed by atoms with E-state index >= 15 is 0 Å². The molecular formula is C12H7ClF3N3OS. The van der Waals surface area contributed by atoms with E-state index in [2.05, 4.69) is 15.5 Å². The summed E-state index contributed by atoms with van der Waals surface area (Å²) in [6, 6.07) is 2.88. The molecule has 4 nitrogen and oxygen atoms in total. The Hall–Kier alpha value is -1.93. The number of hydrogen-bond donors (Lipinski definition) is 1. The molecule has 0 fully saturated rings. The van der Waals surface area contributed by atoms with Gasteiger partial charge < -0.3 is 0 Å². The fraction of sp³-hybridized carbons (Fsp3) is 0.0833. The molecule has 1 heterocycles. The zero-order valence-corrected chi connectivity index (χ0v) is 11.8. The van der Waals surface area contributed by atoms with E-state index in [1.807, 2.05) is 0 Å². The van der Waals surface area contributed by atoms with Crippen LogP contribution in [0.5, 0.6) is 0 Å². The van der Waals surface area contributed by atoms with Gasteiger partial charge in [-0.3, -0.25) is 10.1 Å². The standard InChI is InChI=1S/C12H7ClF3N3OS/c13-9-3-2-8(12(14,15)16)5-7(9)1-4-10(20)18-11-19-17-6-21-11/h1-6H,(H,18,19,20)/b4-1-. The molecule has 0 bridgehead atoms.